The minimum absolute atomic E-state index is 0.0497. The van der Waals surface area contributed by atoms with Gasteiger partial charge < -0.3 is 5.73 Å². The molecule has 0 unspecified atom stereocenters. The Kier molecular flexibility index (Phi) is 6.36. The highest BCUT2D eigenvalue weighted by atomic mass is 32.2. The van der Waals surface area contributed by atoms with Crippen molar-refractivity contribution in [2.45, 2.75) is 11.3 Å². The largest absolute Gasteiger partial charge is 0.320 e. The molecular weight excluding hydrogens is 312 g/mol. The van der Waals surface area contributed by atoms with Crippen molar-refractivity contribution >= 4 is 19.9 Å². The highest BCUT2D eigenvalue weighted by molar-refractivity contribution is 7.90. The zero-order chi connectivity index (χ0) is 15.9. The van der Waals surface area contributed by atoms with Gasteiger partial charge in [0.2, 0.25) is 10.0 Å². The molecule has 0 aliphatic heterocycles. The lowest BCUT2D eigenvalue weighted by molar-refractivity contribution is 0.577. The Morgan fingerprint density at radius 1 is 1.19 bits per heavy atom. The molecule has 0 heterocycles. The third-order valence-electron chi connectivity index (χ3n) is 2.49. The molecule has 0 amide bonds. The summed E-state index contributed by atoms with van der Waals surface area (Å²) in [5.74, 6) is 5.25. The summed E-state index contributed by atoms with van der Waals surface area (Å²) >= 11 is 0. The van der Waals surface area contributed by atoms with E-state index >= 15 is 0 Å². The number of sulfone groups is 1. The van der Waals surface area contributed by atoms with Gasteiger partial charge in [-0.25, -0.2) is 21.6 Å². The first-order chi connectivity index (χ1) is 9.76. The van der Waals surface area contributed by atoms with Crippen LogP contribution in [0.5, 0.6) is 0 Å². The summed E-state index contributed by atoms with van der Waals surface area (Å²) in [6, 6.07) is 6.31. The van der Waals surface area contributed by atoms with Crippen LogP contribution >= 0.6 is 0 Å². The van der Waals surface area contributed by atoms with Gasteiger partial charge in [-0.2, -0.15) is 0 Å². The first-order valence-corrected chi connectivity index (χ1v) is 9.76. The molecule has 8 heteroatoms. The van der Waals surface area contributed by atoms with Crippen LogP contribution in [0.2, 0.25) is 0 Å². The zero-order valence-corrected chi connectivity index (χ0v) is 13.3. The maximum absolute atomic E-state index is 12.2. The predicted molar refractivity (Wildman–Crippen MR) is 81.9 cm³/mol. The fourth-order valence-electron chi connectivity index (χ4n) is 1.57. The minimum atomic E-state index is -3.73. The topological polar surface area (TPSA) is 106 Å². The Bertz CT molecular complexity index is 744. The molecule has 1 aromatic carbocycles. The smallest absolute Gasteiger partial charge is 0.241 e. The van der Waals surface area contributed by atoms with Crippen LogP contribution in [0.3, 0.4) is 0 Å². The maximum Gasteiger partial charge on any atom is 0.241 e. The van der Waals surface area contributed by atoms with E-state index in [4.69, 9.17) is 5.73 Å². The van der Waals surface area contributed by atoms with E-state index in [1.807, 2.05) is 0 Å². The van der Waals surface area contributed by atoms with Crippen molar-refractivity contribution in [3.8, 4) is 11.8 Å². The average molecular weight is 330 g/mol. The molecule has 0 radical (unpaired) electrons. The molecule has 0 fully saturated rings. The molecular formula is C13H18N2O4S2. The molecule has 3 N–H and O–H groups in total. The van der Waals surface area contributed by atoms with E-state index in [0.29, 0.717) is 5.56 Å². The van der Waals surface area contributed by atoms with Crippen molar-refractivity contribution in [1.82, 2.24) is 4.72 Å². The Morgan fingerprint density at radius 3 is 2.48 bits per heavy atom. The van der Waals surface area contributed by atoms with Crippen molar-refractivity contribution in [3.05, 3.63) is 29.8 Å². The lowest BCUT2D eigenvalue weighted by atomic mass is 10.2. The van der Waals surface area contributed by atoms with E-state index in [9.17, 15) is 16.8 Å². The summed E-state index contributed by atoms with van der Waals surface area (Å²) in [6.07, 6.45) is 1.33. The highest BCUT2D eigenvalue weighted by Crippen LogP contribution is 2.14. The standard InChI is InChI=1S/C13H18N2O4S2/c1-20(16,17)11-5-10-15-21(18,19)13-8-3-2-6-12(13)7-4-9-14/h2-3,6,8,15H,5,9-11,14H2,1H3. The van der Waals surface area contributed by atoms with Gasteiger partial charge in [-0.05, 0) is 18.6 Å². The molecule has 116 valence electrons. The van der Waals surface area contributed by atoms with Crippen molar-refractivity contribution in [2.24, 2.45) is 5.73 Å². The Hall–Kier alpha value is -1.40. The van der Waals surface area contributed by atoms with Crippen molar-refractivity contribution < 1.29 is 16.8 Å². The summed E-state index contributed by atoms with van der Waals surface area (Å²) in [5.41, 5.74) is 5.64. The van der Waals surface area contributed by atoms with E-state index in [1.165, 1.54) is 6.07 Å². The monoisotopic (exact) mass is 330 g/mol. The Labute approximate surface area is 125 Å². The van der Waals surface area contributed by atoms with Crippen LogP contribution in [0.4, 0.5) is 0 Å². The summed E-state index contributed by atoms with van der Waals surface area (Å²) < 4.78 is 48.7. The lowest BCUT2D eigenvalue weighted by Gasteiger charge is -2.08. The first kappa shape index (κ1) is 17.7. The van der Waals surface area contributed by atoms with Gasteiger partial charge in [-0.15, -0.1) is 0 Å². The van der Waals surface area contributed by atoms with Crippen molar-refractivity contribution in [3.63, 3.8) is 0 Å². The number of hydrogen-bond acceptors (Lipinski definition) is 5. The van der Waals surface area contributed by atoms with Gasteiger partial charge in [0.15, 0.2) is 0 Å². The molecule has 6 nitrogen and oxygen atoms in total. The van der Waals surface area contributed by atoms with E-state index in [-0.39, 0.29) is 30.2 Å². The van der Waals surface area contributed by atoms with Gasteiger partial charge in [0, 0.05) is 18.4 Å². The van der Waals surface area contributed by atoms with Gasteiger partial charge in [-0.1, -0.05) is 24.0 Å². The highest BCUT2D eigenvalue weighted by Gasteiger charge is 2.16. The summed E-state index contributed by atoms with van der Waals surface area (Å²) in [6.45, 7) is 0.185. The number of nitrogens with two attached hydrogens (primary N) is 1. The molecule has 0 saturated heterocycles. The summed E-state index contributed by atoms with van der Waals surface area (Å²) in [7, 11) is -6.82. The average Bonchev–Trinajstić information content (AvgIpc) is 2.41. The van der Waals surface area contributed by atoms with Crippen LogP contribution in [0.25, 0.3) is 0 Å². The third kappa shape index (κ3) is 6.27. The SMILES string of the molecule is CS(=O)(=O)CCCNS(=O)(=O)c1ccccc1C#CCN. The van der Waals surface area contributed by atoms with Crippen LogP contribution in [-0.2, 0) is 19.9 Å². The quantitative estimate of drug-likeness (QED) is 0.551. The number of hydrogen-bond donors (Lipinski definition) is 2. The van der Waals surface area contributed by atoms with Crippen molar-refractivity contribution in [2.75, 3.05) is 25.1 Å². The molecule has 1 rings (SSSR count). The van der Waals surface area contributed by atoms with Gasteiger partial charge in [0.25, 0.3) is 0 Å². The second-order valence-electron chi connectivity index (χ2n) is 4.38. The summed E-state index contributed by atoms with van der Waals surface area (Å²) in [4.78, 5) is 0.0605. The minimum Gasteiger partial charge on any atom is -0.320 e. The lowest BCUT2D eigenvalue weighted by Crippen LogP contribution is -2.26. The fourth-order valence-corrected chi connectivity index (χ4v) is 3.47. The molecule has 0 saturated carbocycles. The normalized spacial score (nSPS) is 11.7. The molecule has 0 aliphatic carbocycles. The van der Waals surface area contributed by atoms with Gasteiger partial charge >= 0.3 is 0 Å². The van der Waals surface area contributed by atoms with Crippen LogP contribution < -0.4 is 10.5 Å². The molecule has 0 spiro atoms. The molecule has 0 aromatic heterocycles. The Morgan fingerprint density at radius 2 is 1.86 bits per heavy atom. The number of rotatable bonds is 6. The zero-order valence-electron chi connectivity index (χ0n) is 11.7. The number of benzene rings is 1. The Balaban J connectivity index is 2.84. The van der Waals surface area contributed by atoms with Crippen LogP contribution in [-0.4, -0.2) is 41.9 Å². The van der Waals surface area contributed by atoms with E-state index in [1.54, 1.807) is 18.2 Å². The van der Waals surface area contributed by atoms with Crippen LogP contribution in [0.15, 0.2) is 29.2 Å². The van der Waals surface area contributed by atoms with Gasteiger partial charge in [-0.3, -0.25) is 0 Å². The van der Waals surface area contributed by atoms with E-state index in [2.05, 4.69) is 16.6 Å². The number of nitrogens with one attached hydrogen (secondary N) is 1. The molecule has 21 heavy (non-hydrogen) atoms. The van der Waals surface area contributed by atoms with Crippen molar-refractivity contribution in [1.29, 1.82) is 0 Å². The molecule has 0 aliphatic rings. The van der Waals surface area contributed by atoms with Crippen LogP contribution in [0, 0.1) is 11.8 Å². The van der Waals surface area contributed by atoms with E-state index in [0.717, 1.165) is 6.26 Å². The van der Waals surface area contributed by atoms with Gasteiger partial charge in [0.05, 0.1) is 17.2 Å². The molecule has 0 atom stereocenters. The summed E-state index contributed by atoms with van der Waals surface area (Å²) in [5, 5.41) is 0. The predicted octanol–water partition coefficient (Wildman–Crippen LogP) is -0.290. The second kappa shape index (κ2) is 7.56. The first-order valence-electron chi connectivity index (χ1n) is 6.21. The number of sulfonamides is 1. The van der Waals surface area contributed by atoms with Crippen LogP contribution in [0.1, 0.15) is 12.0 Å². The molecule has 0 bridgehead atoms. The third-order valence-corrected chi connectivity index (χ3v) is 5.04. The van der Waals surface area contributed by atoms with E-state index < -0.39 is 19.9 Å². The maximum atomic E-state index is 12.2. The van der Waals surface area contributed by atoms with Gasteiger partial charge in [0.1, 0.15) is 9.84 Å². The fraction of sp³-hybridized carbons (Fsp3) is 0.385. The molecule has 1 aromatic rings. The second-order valence-corrected chi connectivity index (χ2v) is 8.38.